The molecule has 6 rings (SSSR count). The van der Waals surface area contributed by atoms with Gasteiger partial charge in [0.15, 0.2) is 15.8 Å². The van der Waals surface area contributed by atoms with Crippen LogP contribution >= 0.6 is 11.3 Å². The number of piperidine rings is 1. The minimum atomic E-state index is -4.06. The molecule has 0 radical (unpaired) electrons. The molecule has 35 heavy (non-hydrogen) atoms. The maximum Gasteiger partial charge on any atom is 0.291 e. The van der Waals surface area contributed by atoms with Gasteiger partial charge in [-0.25, -0.2) is 31.3 Å². The second kappa shape index (κ2) is 8.11. The van der Waals surface area contributed by atoms with Crippen molar-refractivity contribution >= 4 is 32.6 Å². The zero-order valence-electron chi connectivity index (χ0n) is 18.6. The predicted octanol–water partition coefficient (Wildman–Crippen LogP) is 3.19. The Morgan fingerprint density at radius 3 is 2.49 bits per heavy atom. The summed E-state index contributed by atoms with van der Waals surface area (Å²) in [6, 6.07) is 1.58. The number of hydrogen-bond acceptors (Lipinski definition) is 8. The normalized spacial score (nSPS) is 21.1. The van der Waals surface area contributed by atoms with Gasteiger partial charge in [0.1, 0.15) is 11.6 Å². The fourth-order valence-corrected chi connectivity index (χ4v) is 6.84. The van der Waals surface area contributed by atoms with Gasteiger partial charge in [0.2, 0.25) is 10.0 Å². The van der Waals surface area contributed by atoms with Crippen molar-refractivity contribution in [2.75, 3.05) is 37.9 Å². The van der Waals surface area contributed by atoms with Crippen molar-refractivity contribution in [3.05, 3.63) is 23.5 Å². The van der Waals surface area contributed by atoms with Gasteiger partial charge in [-0.3, -0.25) is 4.40 Å². The highest BCUT2D eigenvalue weighted by Crippen LogP contribution is 2.42. The Morgan fingerprint density at radius 1 is 1.17 bits per heavy atom. The molecule has 14 heteroatoms. The Kier molecular flexibility index (Phi) is 5.36. The molecule has 9 nitrogen and oxygen atoms in total. The number of rotatable bonds is 7. The van der Waals surface area contributed by atoms with Gasteiger partial charge in [-0.05, 0) is 31.7 Å². The highest BCUT2D eigenvalue weighted by Gasteiger charge is 2.47. The Balaban J connectivity index is 1.44. The molecule has 1 saturated carbocycles. The second-order valence-corrected chi connectivity index (χ2v) is 12.3. The van der Waals surface area contributed by atoms with Gasteiger partial charge < -0.3 is 9.64 Å². The van der Waals surface area contributed by atoms with Crippen molar-refractivity contribution in [2.24, 2.45) is 5.41 Å². The van der Waals surface area contributed by atoms with Gasteiger partial charge in [-0.2, -0.15) is 0 Å². The van der Waals surface area contributed by atoms with Crippen molar-refractivity contribution in [1.82, 2.24) is 24.3 Å². The average molecular weight is 529 g/mol. The Bertz CT molecular complexity index is 1370. The number of aromatic nitrogens is 4. The van der Waals surface area contributed by atoms with E-state index in [4.69, 9.17) is 4.74 Å². The van der Waals surface area contributed by atoms with Crippen LogP contribution < -0.4 is 9.62 Å². The van der Waals surface area contributed by atoms with Crippen LogP contribution in [0.4, 0.5) is 18.9 Å². The summed E-state index contributed by atoms with van der Waals surface area (Å²) >= 11 is 0.705. The molecule has 0 unspecified atom stereocenters. The summed E-state index contributed by atoms with van der Waals surface area (Å²) in [6.45, 7) is 2.11. The number of hydrogen-bond donors (Lipinski definition) is 1. The molecular formula is C21H23F3N6O3S2. The third-order valence-corrected chi connectivity index (χ3v) is 9.64. The van der Waals surface area contributed by atoms with Crippen LogP contribution in [0.1, 0.15) is 37.1 Å². The first-order valence-electron chi connectivity index (χ1n) is 11.3. The van der Waals surface area contributed by atoms with E-state index in [1.807, 2.05) is 0 Å². The molecule has 1 N–H and O–H groups in total. The first-order chi connectivity index (χ1) is 16.7. The summed E-state index contributed by atoms with van der Waals surface area (Å²) in [7, 11) is -4.06. The average Bonchev–Trinajstić information content (AvgIpc) is 3.21. The van der Waals surface area contributed by atoms with Crippen LogP contribution in [0.2, 0.25) is 0 Å². The SMILES string of the molecule is O=S(=O)(NC1(CF)CC1)c1cc(N2CCC3(CC2)COC3)c2cnc(-c3nnc(C(F)F)s3)n2c1. The van der Waals surface area contributed by atoms with Crippen LogP contribution in [0.5, 0.6) is 0 Å². The molecule has 0 atom stereocenters. The van der Waals surface area contributed by atoms with E-state index in [-0.39, 0.29) is 21.1 Å². The van der Waals surface area contributed by atoms with Crippen LogP contribution in [0, 0.1) is 5.41 Å². The molecule has 5 heterocycles. The molecule has 188 valence electrons. The Hall–Kier alpha value is -2.29. The number of halogens is 3. The van der Waals surface area contributed by atoms with Gasteiger partial charge in [0.25, 0.3) is 6.43 Å². The second-order valence-electron chi connectivity index (χ2n) is 9.64. The summed E-state index contributed by atoms with van der Waals surface area (Å²) in [5.41, 5.74) is 0.408. The Labute approximate surface area is 203 Å². The van der Waals surface area contributed by atoms with E-state index < -0.39 is 33.7 Å². The van der Waals surface area contributed by atoms with E-state index in [0.29, 0.717) is 48.5 Å². The molecule has 2 aliphatic heterocycles. The van der Waals surface area contributed by atoms with Crippen LogP contribution in [-0.4, -0.2) is 66.5 Å². The first-order valence-corrected chi connectivity index (χ1v) is 13.6. The highest BCUT2D eigenvalue weighted by atomic mass is 32.2. The predicted molar refractivity (Wildman–Crippen MR) is 122 cm³/mol. The fourth-order valence-electron chi connectivity index (χ4n) is 4.69. The fraction of sp³-hybridized carbons (Fsp3) is 0.571. The third kappa shape index (κ3) is 3.99. The number of anilines is 1. The Morgan fingerprint density at radius 2 is 1.91 bits per heavy atom. The van der Waals surface area contributed by atoms with Gasteiger partial charge >= 0.3 is 0 Å². The monoisotopic (exact) mass is 528 g/mol. The lowest BCUT2D eigenvalue weighted by atomic mass is 9.77. The van der Waals surface area contributed by atoms with Crippen LogP contribution in [0.15, 0.2) is 23.4 Å². The lowest BCUT2D eigenvalue weighted by Crippen LogP contribution is -2.51. The van der Waals surface area contributed by atoms with E-state index in [9.17, 15) is 21.6 Å². The standard InChI is InChI=1S/C21H23F3N6O3S2/c22-10-21(1-2-21)28-35(31,32)13-7-14(29-5-3-20(4-6-29)11-33-12-20)15-8-25-17(30(15)9-13)19-27-26-18(34-19)16(23)24/h7-9,16,28H,1-6,10-12H2. The van der Waals surface area contributed by atoms with Crippen molar-refractivity contribution in [1.29, 1.82) is 0 Å². The molecule has 0 aromatic carbocycles. The number of imidazole rings is 1. The number of nitrogens with zero attached hydrogens (tertiary/aromatic N) is 5. The van der Waals surface area contributed by atoms with Gasteiger partial charge in [-0.15, -0.1) is 10.2 Å². The molecule has 2 saturated heterocycles. The molecule has 3 aromatic heterocycles. The van der Waals surface area contributed by atoms with Crippen LogP contribution in [0.3, 0.4) is 0 Å². The maximum atomic E-state index is 13.5. The minimum absolute atomic E-state index is 0.0511. The minimum Gasteiger partial charge on any atom is -0.380 e. The van der Waals surface area contributed by atoms with E-state index >= 15 is 0 Å². The van der Waals surface area contributed by atoms with Gasteiger partial charge in [-0.1, -0.05) is 11.3 Å². The third-order valence-electron chi connectivity index (χ3n) is 7.16. The van der Waals surface area contributed by atoms with Crippen LogP contribution in [0.25, 0.3) is 16.3 Å². The van der Waals surface area contributed by atoms with Crippen molar-refractivity contribution in [3.8, 4) is 10.8 Å². The summed E-state index contributed by atoms with van der Waals surface area (Å²) < 4.78 is 75.7. The molecule has 3 aliphatic rings. The van der Waals surface area contributed by atoms with Gasteiger partial charge in [0, 0.05) is 24.7 Å². The molecule has 0 bridgehead atoms. The highest BCUT2D eigenvalue weighted by molar-refractivity contribution is 7.89. The number of sulfonamides is 1. The quantitative estimate of drug-likeness (QED) is 0.503. The van der Waals surface area contributed by atoms with Gasteiger partial charge in [0.05, 0.1) is 36.2 Å². The van der Waals surface area contributed by atoms with Crippen molar-refractivity contribution < 1.29 is 26.3 Å². The smallest absolute Gasteiger partial charge is 0.291 e. The lowest BCUT2D eigenvalue weighted by Gasteiger charge is -2.47. The van der Waals surface area contributed by atoms with E-state index in [1.54, 1.807) is 16.7 Å². The first kappa shape index (κ1) is 23.1. The van der Waals surface area contributed by atoms with E-state index in [2.05, 4.69) is 24.8 Å². The lowest BCUT2D eigenvalue weighted by molar-refractivity contribution is -0.124. The number of fused-ring (bicyclic) bond motifs is 1. The summed E-state index contributed by atoms with van der Waals surface area (Å²) in [6.07, 6.45) is 2.89. The molecule has 1 aliphatic carbocycles. The van der Waals surface area contributed by atoms with Crippen molar-refractivity contribution in [2.45, 2.75) is 42.5 Å². The maximum absolute atomic E-state index is 13.5. The number of alkyl halides is 3. The number of ether oxygens (including phenoxy) is 1. The molecule has 0 amide bonds. The molecular weight excluding hydrogens is 505 g/mol. The molecule has 1 spiro atoms. The largest absolute Gasteiger partial charge is 0.380 e. The van der Waals surface area contributed by atoms with E-state index in [1.165, 1.54) is 6.20 Å². The molecule has 3 fully saturated rings. The van der Waals surface area contributed by atoms with E-state index in [0.717, 1.165) is 26.1 Å². The number of nitrogens with one attached hydrogen (secondary N) is 1. The summed E-state index contributed by atoms with van der Waals surface area (Å²) in [4.78, 5) is 6.44. The zero-order valence-corrected chi connectivity index (χ0v) is 20.2. The zero-order chi connectivity index (χ0) is 24.4. The number of pyridine rings is 1. The van der Waals surface area contributed by atoms with Crippen molar-refractivity contribution in [3.63, 3.8) is 0 Å². The summed E-state index contributed by atoms with van der Waals surface area (Å²) in [5, 5.41) is 7.09. The van der Waals surface area contributed by atoms with Crippen LogP contribution in [-0.2, 0) is 14.8 Å². The summed E-state index contributed by atoms with van der Waals surface area (Å²) in [5.74, 6) is 0.218. The molecule has 3 aromatic rings. The topological polar surface area (TPSA) is 102 Å².